The number of rotatable bonds is 2. The van der Waals surface area contributed by atoms with Gasteiger partial charge in [-0.05, 0) is 80.7 Å². The average Bonchev–Trinajstić information content (AvgIpc) is 3.28. The summed E-state index contributed by atoms with van der Waals surface area (Å²) in [5, 5.41) is 2.48. The van der Waals surface area contributed by atoms with Crippen LogP contribution in [0.3, 0.4) is 0 Å². The zero-order valence-electron chi connectivity index (χ0n) is 12.6. The Morgan fingerprint density at radius 2 is 1.26 bits per heavy atom. The van der Waals surface area contributed by atoms with Crippen LogP contribution in [0.2, 0.25) is 0 Å². The van der Waals surface area contributed by atoms with Crippen LogP contribution < -0.4 is 0 Å². The molecule has 0 heterocycles. The molecule has 4 rings (SSSR count). The van der Waals surface area contributed by atoms with E-state index in [1.165, 1.54) is 10.8 Å². The van der Waals surface area contributed by atoms with Crippen LogP contribution in [0.15, 0.2) is 47.5 Å². The van der Waals surface area contributed by atoms with Crippen LogP contribution in [0.25, 0.3) is 10.8 Å². The number of aliphatic imine (C=N–C) groups is 1. The number of benzene rings is 2. The van der Waals surface area contributed by atoms with E-state index in [9.17, 15) is 0 Å². The van der Waals surface area contributed by atoms with Crippen LogP contribution in [0, 0.1) is 63.7 Å². The van der Waals surface area contributed by atoms with Crippen molar-refractivity contribution in [3.05, 3.63) is 106 Å². The van der Waals surface area contributed by atoms with Crippen LogP contribution in [-0.4, -0.2) is 6.21 Å². The second-order valence-electron chi connectivity index (χ2n) is 4.97. The summed E-state index contributed by atoms with van der Waals surface area (Å²) in [6.45, 7) is 0. The van der Waals surface area contributed by atoms with Crippen LogP contribution >= 0.6 is 0 Å². The van der Waals surface area contributed by atoms with E-state index in [1.807, 2.05) is 76.1 Å². The molecule has 2 fully saturated rings. The number of fused-ring (bicyclic) bond motifs is 1. The third-order valence-corrected chi connectivity index (χ3v) is 3.34. The van der Waals surface area contributed by atoms with Gasteiger partial charge in [0, 0.05) is 29.2 Å². The van der Waals surface area contributed by atoms with Gasteiger partial charge < -0.3 is 0 Å². The first kappa shape index (κ1) is 18.2. The van der Waals surface area contributed by atoms with Gasteiger partial charge in [0.05, 0.1) is 5.69 Å². The van der Waals surface area contributed by atoms with Crippen molar-refractivity contribution in [2.45, 2.75) is 0 Å². The molecule has 2 aromatic rings. The van der Waals surface area contributed by atoms with Crippen molar-refractivity contribution in [3.63, 3.8) is 0 Å². The molecule has 0 N–H and O–H groups in total. The minimum absolute atomic E-state index is 0. The van der Waals surface area contributed by atoms with Crippen molar-refractivity contribution in [2.24, 2.45) is 4.99 Å². The van der Waals surface area contributed by atoms with Crippen molar-refractivity contribution >= 4 is 22.7 Å². The minimum atomic E-state index is 0. The largest absolute Gasteiger partial charge is 0.261 e. The molecule has 2 aliphatic carbocycles. The molecule has 10 radical (unpaired) electrons. The molecule has 0 saturated heterocycles. The van der Waals surface area contributed by atoms with Gasteiger partial charge in [-0.3, -0.25) is 4.99 Å². The maximum atomic E-state index is 4.47. The van der Waals surface area contributed by atoms with Gasteiger partial charge in [-0.2, -0.15) is 0 Å². The molecule has 0 bridgehead atoms. The normalized spacial score (nSPS) is 17.9. The van der Waals surface area contributed by atoms with Crippen LogP contribution in [0.4, 0.5) is 5.69 Å². The average molecular weight is 339 g/mol. The Kier molecular flexibility index (Phi) is 7.85. The Hall–Kier alpha value is -1.11. The molecule has 114 valence electrons. The van der Waals surface area contributed by atoms with Crippen molar-refractivity contribution in [2.75, 3.05) is 0 Å². The summed E-state index contributed by atoms with van der Waals surface area (Å²) in [4.78, 5) is 4.47. The van der Waals surface area contributed by atoms with E-state index in [4.69, 9.17) is 0 Å². The van der Waals surface area contributed by atoms with E-state index in [-0.39, 0.29) is 17.1 Å². The van der Waals surface area contributed by atoms with E-state index in [0.29, 0.717) is 0 Å². The van der Waals surface area contributed by atoms with Crippen LogP contribution in [-0.2, 0) is 17.1 Å². The molecule has 2 heteroatoms. The van der Waals surface area contributed by atoms with Crippen molar-refractivity contribution in [3.8, 4) is 0 Å². The van der Waals surface area contributed by atoms with Gasteiger partial charge in [0.1, 0.15) is 0 Å². The smallest absolute Gasteiger partial charge is 0.0632 e. The van der Waals surface area contributed by atoms with E-state index in [2.05, 4.69) is 35.3 Å². The van der Waals surface area contributed by atoms with Crippen LogP contribution in [0.5, 0.6) is 0 Å². The molecule has 2 saturated carbocycles. The summed E-state index contributed by atoms with van der Waals surface area (Å²) in [6.07, 6.45) is 20.0. The first-order valence-corrected chi connectivity index (χ1v) is 7.33. The summed E-state index contributed by atoms with van der Waals surface area (Å²) in [7, 11) is 0. The maximum absolute atomic E-state index is 4.47. The molecular formula is C21H17FeN. The second kappa shape index (κ2) is 9.90. The third kappa shape index (κ3) is 5.79. The van der Waals surface area contributed by atoms with Gasteiger partial charge >= 0.3 is 0 Å². The predicted octanol–water partition coefficient (Wildman–Crippen LogP) is 4.97. The van der Waals surface area contributed by atoms with Gasteiger partial charge in [-0.25, -0.2) is 0 Å². The second-order valence-corrected chi connectivity index (χ2v) is 4.97. The fourth-order valence-corrected chi connectivity index (χ4v) is 2.20. The molecule has 2 aliphatic rings. The monoisotopic (exact) mass is 339 g/mol. The molecule has 0 spiro atoms. The molecule has 0 aliphatic heterocycles. The molecule has 0 atom stereocenters. The molecule has 1 nitrogen and oxygen atoms in total. The zero-order chi connectivity index (χ0) is 15.0. The van der Waals surface area contributed by atoms with Gasteiger partial charge in [0.2, 0.25) is 0 Å². The first-order chi connectivity index (χ1) is 10.9. The number of hydrogen-bond acceptors (Lipinski definition) is 1. The molecule has 0 aromatic heterocycles. The van der Waals surface area contributed by atoms with Crippen LogP contribution in [0.1, 0.15) is 0 Å². The van der Waals surface area contributed by atoms with E-state index >= 15 is 0 Å². The van der Waals surface area contributed by atoms with E-state index < -0.39 is 0 Å². The molecule has 0 amide bonds. The molecule has 0 unspecified atom stereocenters. The summed E-state index contributed by atoms with van der Waals surface area (Å²) >= 11 is 0. The van der Waals surface area contributed by atoms with Gasteiger partial charge in [-0.15, -0.1) is 0 Å². The summed E-state index contributed by atoms with van der Waals surface area (Å²) in [5.74, 6) is 1.14. The Balaban J connectivity index is 0.000000276. The molecular weight excluding hydrogens is 322 g/mol. The predicted molar refractivity (Wildman–Crippen MR) is 94.0 cm³/mol. The van der Waals surface area contributed by atoms with E-state index in [0.717, 1.165) is 11.6 Å². The topological polar surface area (TPSA) is 12.4 Å². The summed E-state index contributed by atoms with van der Waals surface area (Å²) in [5.41, 5.74) is 0.991. The number of nitrogens with zero attached hydrogens (tertiary/aromatic N) is 1. The Labute approximate surface area is 151 Å². The Morgan fingerprint density at radius 1 is 0.652 bits per heavy atom. The summed E-state index contributed by atoms with van der Waals surface area (Å²) < 4.78 is 0. The fraction of sp³-hybridized carbons (Fsp3) is 0. The fourth-order valence-electron chi connectivity index (χ4n) is 2.20. The third-order valence-electron chi connectivity index (χ3n) is 3.34. The zero-order valence-corrected chi connectivity index (χ0v) is 13.7. The van der Waals surface area contributed by atoms with Crippen molar-refractivity contribution in [1.29, 1.82) is 0 Å². The SMILES string of the molecule is [CH]1[CH][CH][CH][CH]1.[CH]1[CH][CH][C](C=Nc2ccc3ccccc3c2)[CH]1.[Fe]. The first-order valence-electron chi connectivity index (χ1n) is 7.33. The Morgan fingerprint density at radius 3 is 1.91 bits per heavy atom. The quantitative estimate of drug-likeness (QED) is 0.541. The number of hydrogen-bond donors (Lipinski definition) is 0. The minimum Gasteiger partial charge on any atom is -0.261 e. The van der Waals surface area contributed by atoms with Crippen molar-refractivity contribution in [1.82, 2.24) is 0 Å². The van der Waals surface area contributed by atoms with Gasteiger partial charge in [0.25, 0.3) is 0 Å². The van der Waals surface area contributed by atoms with Crippen molar-refractivity contribution < 1.29 is 17.1 Å². The molecule has 2 aromatic carbocycles. The molecule has 23 heavy (non-hydrogen) atoms. The van der Waals surface area contributed by atoms with Gasteiger partial charge in [0.15, 0.2) is 0 Å². The van der Waals surface area contributed by atoms with Gasteiger partial charge in [-0.1, -0.05) is 30.3 Å². The maximum Gasteiger partial charge on any atom is 0.0632 e. The Bertz CT molecular complexity index is 602. The van der Waals surface area contributed by atoms with E-state index in [1.54, 1.807) is 0 Å². The standard InChI is InChI=1S/C16H12N.C5H5.Fe/c1-2-6-13(5-1)12-17-16-10-9-14-7-3-4-8-15(14)11-16;1-2-4-5-3-1;/h1-12H;1-5H;. The summed E-state index contributed by atoms with van der Waals surface area (Å²) in [6, 6.07) is 14.6.